The first-order valence-electron chi connectivity index (χ1n) is 10.9. The Hall–Kier alpha value is -2.84. The van der Waals surface area contributed by atoms with Gasteiger partial charge in [-0.2, -0.15) is 0 Å². The van der Waals surface area contributed by atoms with Crippen molar-refractivity contribution in [2.45, 2.75) is 38.1 Å². The molecule has 6 nitrogen and oxygen atoms in total. The lowest BCUT2D eigenvalue weighted by molar-refractivity contribution is -0.120. The maximum atomic E-state index is 13.7. The lowest BCUT2D eigenvalue weighted by atomic mass is 10.0. The van der Waals surface area contributed by atoms with Gasteiger partial charge in [0.1, 0.15) is 12.3 Å². The number of sulfonamides is 1. The van der Waals surface area contributed by atoms with Crippen LogP contribution in [0.1, 0.15) is 36.1 Å². The van der Waals surface area contributed by atoms with Crippen molar-refractivity contribution < 1.29 is 17.9 Å². The number of hydrogen-bond donors (Lipinski definition) is 1. The van der Waals surface area contributed by atoms with Crippen LogP contribution in [0.25, 0.3) is 0 Å². The summed E-state index contributed by atoms with van der Waals surface area (Å²) in [6, 6.07) is 19.3. The number of amides is 1. The number of nitrogens with zero attached hydrogens (tertiary/aromatic N) is 1. The molecule has 180 valence electrons. The SMILES string of the molecule is CCC(NC(=O)CN(c1ccc(C)cc1)S(=O)(=O)c1ccc(OC)c(Br)c1)c1ccc(C)cc1. The molecular formula is C26H29BrN2O4S. The van der Waals surface area contributed by atoms with Gasteiger partial charge in [0.2, 0.25) is 5.91 Å². The van der Waals surface area contributed by atoms with Gasteiger partial charge in [0.15, 0.2) is 0 Å². The van der Waals surface area contributed by atoms with Gasteiger partial charge in [-0.1, -0.05) is 54.4 Å². The molecular weight excluding hydrogens is 516 g/mol. The van der Waals surface area contributed by atoms with Gasteiger partial charge in [0, 0.05) is 0 Å². The molecule has 0 saturated carbocycles. The molecule has 1 atom stereocenters. The number of carbonyl (C=O) groups excluding carboxylic acids is 1. The van der Waals surface area contributed by atoms with Gasteiger partial charge in [-0.15, -0.1) is 0 Å². The summed E-state index contributed by atoms with van der Waals surface area (Å²) in [5.74, 6) is 0.131. The first-order valence-corrected chi connectivity index (χ1v) is 13.2. The number of rotatable bonds is 9. The number of carbonyl (C=O) groups is 1. The first-order chi connectivity index (χ1) is 16.1. The molecule has 8 heteroatoms. The fraction of sp³-hybridized carbons (Fsp3) is 0.269. The molecule has 0 heterocycles. The first kappa shape index (κ1) is 25.8. The topological polar surface area (TPSA) is 75.7 Å². The summed E-state index contributed by atoms with van der Waals surface area (Å²) in [4.78, 5) is 13.2. The molecule has 3 aromatic carbocycles. The zero-order valence-electron chi connectivity index (χ0n) is 19.7. The van der Waals surface area contributed by atoms with E-state index in [0.717, 1.165) is 21.0 Å². The maximum Gasteiger partial charge on any atom is 0.264 e. The number of nitrogens with one attached hydrogen (secondary N) is 1. The van der Waals surface area contributed by atoms with E-state index in [0.29, 0.717) is 22.3 Å². The van der Waals surface area contributed by atoms with Crippen molar-refractivity contribution in [1.82, 2.24) is 5.32 Å². The Kier molecular flexibility index (Phi) is 8.38. The standard InChI is InChI=1S/C26H29BrN2O4S/c1-5-24(20-10-6-18(2)7-11-20)28-26(30)17-29(21-12-8-19(3)9-13-21)34(31,32)22-14-15-25(33-4)23(27)16-22/h6-16,24H,5,17H2,1-4H3,(H,28,30). The molecule has 0 aliphatic rings. The number of ether oxygens (including phenoxy) is 1. The molecule has 1 amide bonds. The molecule has 3 aromatic rings. The van der Waals surface area contributed by atoms with Crippen LogP contribution >= 0.6 is 15.9 Å². The van der Waals surface area contributed by atoms with Crippen LogP contribution in [0, 0.1) is 13.8 Å². The molecule has 0 aromatic heterocycles. The summed E-state index contributed by atoms with van der Waals surface area (Å²) >= 11 is 3.35. The highest BCUT2D eigenvalue weighted by atomic mass is 79.9. The van der Waals surface area contributed by atoms with Crippen LogP contribution in [0.5, 0.6) is 5.75 Å². The molecule has 34 heavy (non-hydrogen) atoms. The third kappa shape index (κ3) is 5.98. The third-order valence-electron chi connectivity index (χ3n) is 5.54. The van der Waals surface area contributed by atoms with Crippen LogP contribution in [0.2, 0.25) is 0 Å². The van der Waals surface area contributed by atoms with Crippen LogP contribution in [-0.2, 0) is 14.8 Å². The Bertz CT molecular complexity index is 1240. The maximum absolute atomic E-state index is 13.7. The lowest BCUT2D eigenvalue weighted by Crippen LogP contribution is -2.42. The number of anilines is 1. The quantitative estimate of drug-likeness (QED) is 0.383. The smallest absolute Gasteiger partial charge is 0.264 e. The second kappa shape index (κ2) is 11.1. The lowest BCUT2D eigenvalue weighted by Gasteiger charge is -2.26. The van der Waals surface area contributed by atoms with Crippen LogP contribution in [-0.4, -0.2) is 28.0 Å². The van der Waals surface area contributed by atoms with Gasteiger partial charge in [0.25, 0.3) is 10.0 Å². The number of benzene rings is 3. The second-order valence-corrected chi connectivity index (χ2v) is 10.8. The fourth-order valence-electron chi connectivity index (χ4n) is 3.55. The minimum Gasteiger partial charge on any atom is -0.496 e. The molecule has 0 saturated heterocycles. The number of aryl methyl sites for hydroxylation is 2. The Labute approximate surface area is 210 Å². The summed E-state index contributed by atoms with van der Waals surface area (Å²) in [5.41, 5.74) is 3.51. The van der Waals surface area contributed by atoms with E-state index in [-0.39, 0.29) is 23.4 Å². The Balaban J connectivity index is 1.93. The van der Waals surface area contributed by atoms with Crippen molar-refractivity contribution in [3.05, 3.63) is 87.9 Å². The van der Waals surface area contributed by atoms with Gasteiger partial charge < -0.3 is 10.1 Å². The third-order valence-corrected chi connectivity index (χ3v) is 7.93. The minimum atomic E-state index is -4.04. The van der Waals surface area contributed by atoms with Gasteiger partial charge in [0.05, 0.1) is 28.2 Å². The molecule has 0 bridgehead atoms. The molecule has 3 rings (SSSR count). The summed E-state index contributed by atoms with van der Waals surface area (Å²) in [7, 11) is -2.53. The van der Waals surface area contributed by atoms with Crippen molar-refractivity contribution in [3.63, 3.8) is 0 Å². The average Bonchev–Trinajstić information content (AvgIpc) is 2.82. The Morgan fingerprint density at radius 1 is 1.00 bits per heavy atom. The molecule has 1 N–H and O–H groups in total. The van der Waals surface area contributed by atoms with E-state index in [1.54, 1.807) is 18.2 Å². The van der Waals surface area contributed by atoms with E-state index < -0.39 is 10.0 Å². The van der Waals surface area contributed by atoms with Crippen molar-refractivity contribution in [2.75, 3.05) is 18.0 Å². The van der Waals surface area contributed by atoms with Crippen molar-refractivity contribution in [1.29, 1.82) is 0 Å². The summed E-state index contributed by atoms with van der Waals surface area (Å²) in [6.07, 6.45) is 0.678. The number of hydrogen-bond acceptors (Lipinski definition) is 4. The van der Waals surface area contributed by atoms with Crippen molar-refractivity contribution in [3.8, 4) is 5.75 Å². The zero-order valence-corrected chi connectivity index (χ0v) is 22.1. The summed E-state index contributed by atoms with van der Waals surface area (Å²) in [5, 5.41) is 2.99. The van der Waals surface area contributed by atoms with Crippen molar-refractivity contribution in [2.24, 2.45) is 0 Å². The Morgan fingerprint density at radius 3 is 2.12 bits per heavy atom. The van der Waals surface area contributed by atoms with Crippen LogP contribution in [0.3, 0.4) is 0 Å². The average molecular weight is 545 g/mol. The van der Waals surface area contributed by atoms with Crippen LogP contribution < -0.4 is 14.4 Å². The Morgan fingerprint density at radius 2 is 1.59 bits per heavy atom. The predicted octanol–water partition coefficient (Wildman–Crippen LogP) is 5.54. The molecule has 1 unspecified atom stereocenters. The van der Waals surface area contributed by atoms with E-state index in [1.165, 1.54) is 19.2 Å². The van der Waals surface area contributed by atoms with Crippen LogP contribution in [0.4, 0.5) is 5.69 Å². The highest BCUT2D eigenvalue weighted by molar-refractivity contribution is 9.10. The normalized spacial score (nSPS) is 12.1. The van der Waals surface area contributed by atoms with E-state index in [4.69, 9.17) is 4.74 Å². The van der Waals surface area contributed by atoms with Crippen LogP contribution in [0.15, 0.2) is 76.1 Å². The number of methoxy groups -OCH3 is 1. The summed E-state index contributed by atoms with van der Waals surface area (Å²) < 4.78 is 34.2. The monoisotopic (exact) mass is 544 g/mol. The zero-order chi connectivity index (χ0) is 24.9. The van der Waals surface area contributed by atoms with Gasteiger partial charge in [-0.3, -0.25) is 9.10 Å². The van der Waals surface area contributed by atoms with Gasteiger partial charge >= 0.3 is 0 Å². The fourth-order valence-corrected chi connectivity index (χ4v) is 5.69. The van der Waals surface area contributed by atoms with E-state index >= 15 is 0 Å². The number of halogens is 1. The highest BCUT2D eigenvalue weighted by Gasteiger charge is 2.28. The van der Waals surface area contributed by atoms with E-state index in [1.807, 2.05) is 57.2 Å². The molecule has 0 aliphatic heterocycles. The second-order valence-electron chi connectivity index (χ2n) is 8.08. The van der Waals surface area contributed by atoms with Gasteiger partial charge in [-0.05, 0) is 72.1 Å². The predicted molar refractivity (Wildman–Crippen MR) is 139 cm³/mol. The molecule has 0 aliphatic carbocycles. The highest BCUT2D eigenvalue weighted by Crippen LogP contribution is 2.31. The van der Waals surface area contributed by atoms with Gasteiger partial charge in [-0.25, -0.2) is 8.42 Å². The molecule has 0 fully saturated rings. The largest absolute Gasteiger partial charge is 0.496 e. The minimum absolute atomic E-state index is 0.0547. The van der Waals surface area contributed by atoms with E-state index in [2.05, 4.69) is 21.2 Å². The summed E-state index contributed by atoms with van der Waals surface area (Å²) in [6.45, 7) is 5.56. The molecule has 0 spiro atoms. The van der Waals surface area contributed by atoms with E-state index in [9.17, 15) is 13.2 Å². The van der Waals surface area contributed by atoms with Crippen molar-refractivity contribution >= 4 is 37.5 Å². The molecule has 0 radical (unpaired) electrons.